The number of rotatable bonds is 3. The average molecular weight is 317 g/mol. The lowest BCUT2D eigenvalue weighted by Gasteiger charge is -2.31. The van der Waals surface area contributed by atoms with Gasteiger partial charge < -0.3 is 0 Å². The van der Waals surface area contributed by atoms with Crippen molar-refractivity contribution in [2.45, 2.75) is 30.6 Å². The molecule has 0 radical (unpaired) electrons. The van der Waals surface area contributed by atoms with Gasteiger partial charge in [-0.3, -0.25) is 9.97 Å². The minimum absolute atomic E-state index is 0.114. The number of nitrogens with zero attached hydrogens (tertiary/aromatic N) is 3. The second-order valence-corrected chi connectivity index (χ2v) is 7.58. The summed E-state index contributed by atoms with van der Waals surface area (Å²) >= 11 is 0. The molecular formula is C16H19N3O2S. The van der Waals surface area contributed by atoms with Crippen molar-refractivity contribution in [2.75, 3.05) is 13.1 Å². The maximum atomic E-state index is 12.8. The number of hydrogen-bond donors (Lipinski definition) is 0. The number of sulfonamides is 1. The Morgan fingerprint density at radius 2 is 1.95 bits per heavy atom. The maximum Gasteiger partial charge on any atom is 0.243 e. The molecule has 22 heavy (non-hydrogen) atoms. The van der Waals surface area contributed by atoms with Crippen molar-refractivity contribution in [2.24, 2.45) is 0 Å². The molecule has 0 aliphatic carbocycles. The normalized spacial score (nSPS) is 20.0. The van der Waals surface area contributed by atoms with Crippen molar-refractivity contribution in [3.8, 4) is 0 Å². The molecule has 1 aliphatic heterocycles. The number of hydrogen-bond acceptors (Lipinski definition) is 4. The molecule has 0 amide bonds. The highest BCUT2D eigenvalue weighted by Gasteiger charge is 2.31. The summed E-state index contributed by atoms with van der Waals surface area (Å²) in [5, 5.41) is 0. The van der Waals surface area contributed by atoms with Crippen LogP contribution in [0.25, 0.3) is 0 Å². The van der Waals surface area contributed by atoms with E-state index in [-0.39, 0.29) is 5.92 Å². The number of benzene rings is 1. The van der Waals surface area contributed by atoms with Gasteiger partial charge in [0.2, 0.25) is 10.0 Å². The summed E-state index contributed by atoms with van der Waals surface area (Å²) in [6.45, 7) is 2.98. The van der Waals surface area contributed by atoms with Gasteiger partial charge in [0.1, 0.15) is 0 Å². The van der Waals surface area contributed by atoms with E-state index < -0.39 is 10.0 Å². The van der Waals surface area contributed by atoms with E-state index in [0.29, 0.717) is 18.0 Å². The van der Waals surface area contributed by atoms with Gasteiger partial charge >= 0.3 is 0 Å². The predicted octanol–water partition coefficient (Wildman–Crippen LogP) is 2.35. The first-order chi connectivity index (χ1) is 10.6. The van der Waals surface area contributed by atoms with Crippen LogP contribution in [0.2, 0.25) is 0 Å². The fraction of sp³-hybridized carbons (Fsp3) is 0.375. The zero-order valence-electron chi connectivity index (χ0n) is 12.5. The summed E-state index contributed by atoms with van der Waals surface area (Å²) in [4.78, 5) is 8.76. The molecule has 6 heteroatoms. The van der Waals surface area contributed by atoms with Gasteiger partial charge in [-0.05, 0) is 31.9 Å². The summed E-state index contributed by atoms with van der Waals surface area (Å²) in [5.74, 6) is 0.114. The highest BCUT2D eigenvalue weighted by Crippen LogP contribution is 2.28. The molecule has 116 valence electrons. The van der Waals surface area contributed by atoms with Gasteiger partial charge in [-0.25, -0.2) is 8.42 Å². The van der Waals surface area contributed by atoms with Gasteiger partial charge in [-0.15, -0.1) is 0 Å². The standard InChI is InChI=1S/C16H19N3O2S/c1-13-4-6-15(7-5-13)22(20,21)19-10-2-3-14(12-19)16-11-17-8-9-18-16/h4-9,11,14H,2-3,10,12H2,1H3/t14-/m0/s1. The Kier molecular flexibility index (Phi) is 4.22. The van der Waals surface area contributed by atoms with Gasteiger partial charge in [0.15, 0.2) is 0 Å². The van der Waals surface area contributed by atoms with Crippen LogP contribution in [0.5, 0.6) is 0 Å². The SMILES string of the molecule is Cc1ccc(S(=O)(=O)N2CCC[C@H](c3cnccn3)C2)cc1. The lowest BCUT2D eigenvalue weighted by atomic mass is 9.96. The molecule has 1 saturated heterocycles. The zero-order chi connectivity index (χ0) is 15.6. The quantitative estimate of drug-likeness (QED) is 0.872. The van der Waals surface area contributed by atoms with Crippen LogP contribution in [0.1, 0.15) is 30.0 Å². The Labute approximate surface area is 131 Å². The topological polar surface area (TPSA) is 63.2 Å². The van der Waals surface area contributed by atoms with Crippen LogP contribution in [0.4, 0.5) is 0 Å². The van der Waals surface area contributed by atoms with E-state index in [1.807, 2.05) is 19.1 Å². The Morgan fingerprint density at radius 1 is 1.18 bits per heavy atom. The maximum absolute atomic E-state index is 12.8. The summed E-state index contributed by atoms with van der Waals surface area (Å²) in [7, 11) is -3.43. The largest absolute Gasteiger partial charge is 0.261 e. The van der Waals surface area contributed by atoms with Crippen LogP contribution in [0.15, 0.2) is 47.8 Å². The van der Waals surface area contributed by atoms with E-state index in [0.717, 1.165) is 24.1 Å². The minimum atomic E-state index is -3.43. The molecule has 0 bridgehead atoms. The van der Waals surface area contributed by atoms with E-state index >= 15 is 0 Å². The molecule has 5 nitrogen and oxygen atoms in total. The Balaban J connectivity index is 1.83. The first-order valence-electron chi connectivity index (χ1n) is 7.40. The molecule has 1 aromatic heterocycles. The monoisotopic (exact) mass is 317 g/mol. The van der Waals surface area contributed by atoms with E-state index in [1.165, 1.54) is 0 Å². The van der Waals surface area contributed by atoms with Gasteiger partial charge in [-0.2, -0.15) is 4.31 Å². The lowest BCUT2D eigenvalue weighted by molar-refractivity contribution is 0.312. The summed E-state index contributed by atoms with van der Waals surface area (Å²) < 4.78 is 27.1. The first kappa shape index (κ1) is 15.1. The third kappa shape index (κ3) is 3.03. The third-order valence-electron chi connectivity index (χ3n) is 4.04. The highest BCUT2D eigenvalue weighted by molar-refractivity contribution is 7.89. The number of piperidine rings is 1. The molecule has 2 aromatic rings. The Hall–Kier alpha value is -1.79. The molecular weight excluding hydrogens is 298 g/mol. The number of aryl methyl sites for hydroxylation is 1. The molecule has 0 saturated carbocycles. The van der Waals surface area contributed by atoms with Crippen molar-refractivity contribution in [3.05, 3.63) is 54.1 Å². The van der Waals surface area contributed by atoms with Crippen LogP contribution in [0, 0.1) is 6.92 Å². The van der Waals surface area contributed by atoms with Gasteiger partial charge in [0, 0.05) is 37.6 Å². The van der Waals surface area contributed by atoms with Crippen LogP contribution in [-0.4, -0.2) is 35.8 Å². The van der Waals surface area contributed by atoms with Gasteiger partial charge in [0.25, 0.3) is 0 Å². The smallest absolute Gasteiger partial charge is 0.243 e. The lowest BCUT2D eigenvalue weighted by Crippen LogP contribution is -2.39. The van der Waals surface area contributed by atoms with E-state index in [1.54, 1.807) is 35.0 Å². The zero-order valence-corrected chi connectivity index (χ0v) is 13.3. The fourth-order valence-electron chi connectivity index (χ4n) is 2.78. The Bertz CT molecular complexity index is 730. The predicted molar refractivity (Wildman–Crippen MR) is 83.9 cm³/mol. The van der Waals surface area contributed by atoms with Gasteiger partial charge in [0.05, 0.1) is 10.6 Å². The second kappa shape index (κ2) is 6.14. The van der Waals surface area contributed by atoms with Crippen molar-refractivity contribution >= 4 is 10.0 Å². The summed E-state index contributed by atoms with van der Waals surface area (Å²) in [6.07, 6.45) is 6.80. The Morgan fingerprint density at radius 3 is 2.64 bits per heavy atom. The molecule has 3 rings (SSSR count). The molecule has 0 unspecified atom stereocenters. The van der Waals surface area contributed by atoms with Crippen molar-refractivity contribution in [1.82, 2.24) is 14.3 Å². The second-order valence-electron chi connectivity index (χ2n) is 5.65. The molecule has 0 N–H and O–H groups in total. The average Bonchev–Trinajstić information content (AvgIpc) is 2.56. The molecule has 2 heterocycles. The van der Waals surface area contributed by atoms with E-state index in [4.69, 9.17) is 0 Å². The molecule has 0 spiro atoms. The van der Waals surface area contributed by atoms with Gasteiger partial charge in [-0.1, -0.05) is 17.7 Å². The van der Waals surface area contributed by atoms with Crippen molar-refractivity contribution in [1.29, 1.82) is 0 Å². The van der Waals surface area contributed by atoms with Crippen LogP contribution >= 0.6 is 0 Å². The van der Waals surface area contributed by atoms with Crippen molar-refractivity contribution in [3.63, 3.8) is 0 Å². The fourth-order valence-corrected chi connectivity index (χ4v) is 4.31. The minimum Gasteiger partial charge on any atom is -0.261 e. The molecule has 1 aromatic carbocycles. The summed E-state index contributed by atoms with van der Waals surface area (Å²) in [5.41, 5.74) is 1.92. The highest BCUT2D eigenvalue weighted by atomic mass is 32.2. The van der Waals surface area contributed by atoms with E-state index in [2.05, 4.69) is 9.97 Å². The van der Waals surface area contributed by atoms with Crippen LogP contribution in [0.3, 0.4) is 0 Å². The van der Waals surface area contributed by atoms with Crippen molar-refractivity contribution < 1.29 is 8.42 Å². The number of aromatic nitrogens is 2. The molecule has 1 aliphatic rings. The molecule has 1 atom stereocenters. The van der Waals surface area contributed by atoms with E-state index in [9.17, 15) is 8.42 Å². The third-order valence-corrected chi connectivity index (χ3v) is 5.92. The molecule has 1 fully saturated rings. The van der Waals surface area contributed by atoms with Crippen LogP contribution < -0.4 is 0 Å². The first-order valence-corrected chi connectivity index (χ1v) is 8.84. The summed E-state index contributed by atoms with van der Waals surface area (Å²) in [6, 6.07) is 7.02. The van der Waals surface area contributed by atoms with Crippen LogP contribution in [-0.2, 0) is 10.0 Å².